The molecule has 0 spiro atoms. The van der Waals surface area contributed by atoms with Gasteiger partial charge in [-0.15, -0.1) is 11.6 Å². The Morgan fingerprint density at radius 1 is 0.524 bits per heavy atom. The summed E-state index contributed by atoms with van der Waals surface area (Å²) in [7, 11) is 0. The molecule has 11 nitrogen and oxygen atoms in total. The quantitative estimate of drug-likeness (QED) is 0.173. The third-order valence-electron chi connectivity index (χ3n) is 0.677. The van der Waals surface area contributed by atoms with E-state index in [1.54, 1.807) is 0 Å². The van der Waals surface area contributed by atoms with Crippen molar-refractivity contribution in [1.29, 1.82) is 0 Å². The average molecular weight is 632 g/mol. The van der Waals surface area contributed by atoms with Crippen LogP contribution < -0.4 is 0 Å². The Hall–Kier alpha value is -0.612. The van der Waals surface area contributed by atoms with Crippen molar-refractivity contribution in [3.05, 3.63) is 13.8 Å². The maximum atomic E-state index is 9.62. The maximum Gasteiger partial charge on any atom is 0.414 e. The van der Waals surface area contributed by atoms with Crippen LogP contribution in [0, 0.1) is 87.6 Å². The number of carbonyl (C=O) groups is 6. The number of hydrogen-bond acceptors (Lipinski definition) is 6. The van der Waals surface area contributed by atoms with Crippen molar-refractivity contribution in [3.63, 3.8) is 0 Å². The van der Waals surface area contributed by atoms with E-state index in [-0.39, 0.29) is 79.2 Å². The zero-order chi connectivity index (χ0) is 15.5. The largest absolute Gasteiger partial charge is 0.473 e. The van der Waals surface area contributed by atoms with Gasteiger partial charge in [0.2, 0.25) is 0 Å². The first-order chi connectivity index (χ1) is 7.93. The van der Waals surface area contributed by atoms with E-state index in [0.717, 1.165) is 0 Å². The Morgan fingerprint density at radius 2 is 0.619 bits per heavy atom. The van der Waals surface area contributed by atoms with Crippen LogP contribution in [0.15, 0.2) is 0 Å². The minimum absolute atomic E-state index is 0. The second kappa shape index (κ2) is 21.7. The summed E-state index contributed by atoms with van der Waals surface area (Å²) >= 11 is 0. The fraction of sp³-hybridized carbons (Fsp3) is 0. The third kappa shape index (κ3) is 45.2. The van der Waals surface area contributed by atoms with Gasteiger partial charge < -0.3 is 35.5 Å². The normalized spacial score (nSPS) is 6.29. The molecule has 0 aromatic carbocycles. The molecule has 0 heterocycles. The molecule has 21 heavy (non-hydrogen) atoms. The van der Waals surface area contributed by atoms with Crippen LogP contribution in [-0.4, -0.2) is 61.3 Å². The standard InChI is InChI=1S/C4H4O2.2C2H2O4.2Lu.H2O/c1-3(5)4(2)6;2*3-1(4)2(5)6;;;/h1-2H2;2*(H,3,4)(H,5,6);;;1H2/q-2;;;;;. The van der Waals surface area contributed by atoms with Crippen LogP contribution in [0.5, 0.6) is 0 Å². The van der Waals surface area contributed by atoms with E-state index in [2.05, 4.69) is 13.8 Å². The van der Waals surface area contributed by atoms with Crippen molar-refractivity contribution in [2.45, 2.75) is 0 Å². The summed E-state index contributed by atoms with van der Waals surface area (Å²) in [6.45, 7) is 5.57. The Labute approximate surface area is 176 Å². The van der Waals surface area contributed by atoms with E-state index in [9.17, 15) is 9.59 Å². The van der Waals surface area contributed by atoms with Gasteiger partial charge in [0, 0.05) is 73.7 Å². The number of carboxylic acid groups (broad SMARTS) is 4. The van der Waals surface area contributed by atoms with Gasteiger partial charge >= 0.3 is 23.9 Å². The first-order valence-electron chi connectivity index (χ1n) is 3.58. The smallest absolute Gasteiger partial charge is 0.414 e. The first-order valence-corrected chi connectivity index (χ1v) is 3.58. The zero-order valence-electron chi connectivity index (χ0n) is 9.67. The number of hydrogen-bond donors (Lipinski definition) is 4. The van der Waals surface area contributed by atoms with Crippen molar-refractivity contribution in [1.82, 2.24) is 0 Å². The van der Waals surface area contributed by atoms with Gasteiger partial charge in [-0.05, 0) is 0 Å². The summed E-state index contributed by atoms with van der Waals surface area (Å²) in [5, 5.41) is 29.6. The van der Waals surface area contributed by atoms with E-state index < -0.39 is 35.4 Å². The van der Waals surface area contributed by atoms with Gasteiger partial charge in [-0.2, -0.15) is 0 Å². The molecule has 13 heteroatoms. The van der Waals surface area contributed by atoms with Gasteiger partial charge in [0.25, 0.3) is 0 Å². The Kier molecular flexibility index (Phi) is 38.2. The van der Waals surface area contributed by atoms with Crippen molar-refractivity contribution in [3.8, 4) is 0 Å². The molecule has 0 aliphatic carbocycles. The van der Waals surface area contributed by atoms with Crippen LogP contribution in [0.4, 0.5) is 0 Å². The molecule has 0 aromatic heterocycles. The molecule has 0 aromatic rings. The Morgan fingerprint density at radius 3 is 0.619 bits per heavy atom. The number of rotatable bonds is 1. The molecular weight excluding hydrogens is 622 g/mol. The molecule has 0 unspecified atom stereocenters. The van der Waals surface area contributed by atoms with Crippen LogP contribution in [0.1, 0.15) is 0 Å². The Balaban J connectivity index is -0.0000000375. The van der Waals surface area contributed by atoms with Crippen molar-refractivity contribution >= 4 is 35.4 Å². The fourth-order valence-electron chi connectivity index (χ4n) is 0. The van der Waals surface area contributed by atoms with Crippen LogP contribution >= 0.6 is 0 Å². The molecule has 0 atom stereocenters. The van der Waals surface area contributed by atoms with Gasteiger partial charge in [0.05, 0.1) is 0 Å². The van der Waals surface area contributed by atoms with Gasteiger partial charge in [0.1, 0.15) is 0 Å². The van der Waals surface area contributed by atoms with Gasteiger partial charge in [-0.25, -0.2) is 19.2 Å². The number of aliphatic carboxylic acids is 4. The molecule has 2 radical (unpaired) electrons. The molecule has 0 bridgehead atoms. The predicted octanol–water partition coefficient (Wildman–Crippen LogP) is -2.72. The second-order valence-corrected chi connectivity index (χ2v) is 2.07. The third-order valence-corrected chi connectivity index (χ3v) is 0.677. The minimum Gasteiger partial charge on any atom is -0.473 e. The summed E-state index contributed by atoms with van der Waals surface area (Å²) in [5.74, 6) is -8.78. The van der Waals surface area contributed by atoms with Crippen LogP contribution in [0.2, 0.25) is 0 Å². The Bertz CT molecular complexity index is 283. The molecule has 0 amide bonds. The number of ketones is 2. The van der Waals surface area contributed by atoms with Crippen molar-refractivity contribution < 1.29 is 128 Å². The molecule has 0 aliphatic heterocycles. The number of carbonyl (C=O) groups excluding carboxylic acids is 2. The van der Waals surface area contributed by atoms with Gasteiger partial charge in [-0.1, -0.05) is 0 Å². The van der Waals surface area contributed by atoms with Crippen LogP contribution in [0.3, 0.4) is 0 Å². The molecule has 0 saturated carbocycles. The monoisotopic (exact) mass is 632 g/mol. The molecule has 140 valence electrons. The SMILES string of the molecule is O.O=C(O)C(=O)O.O=C(O)C(=O)O.[CH2-]C(=O)C([CH2-])=O.[Lu].[Lu]. The number of carboxylic acids is 4. The van der Waals surface area contributed by atoms with Crippen LogP contribution in [0.25, 0.3) is 0 Å². The summed E-state index contributed by atoms with van der Waals surface area (Å²) < 4.78 is 0. The van der Waals surface area contributed by atoms with E-state index >= 15 is 0 Å². The topological polar surface area (TPSA) is 215 Å². The zero-order valence-corrected chi connectivity index (χ0v) is 13.0. The summed E-state index contributed by atoms with van der Waals surface area (Å²) in [6.07, 6.45) is 0. The molecule has 0 rings (SSSR count). The molecule has 0 saturated heterocycles. The maximum absolute atomic E-state index is 9.62. The van der Waals surface area contributed by atoms with Crippen molar-refractivity contribution in [2.75, 3.05) is 0 Å². The predicted molar refractivity (Wildman–Crippen MR) is 54.9 cm³/mol. The minimum atomic E-state index is -1.82. The van der Waals surface area contributed by atoms with Gasteiger partial charge in [0.15, 0.2) is 0 Å². The number of Topliss-reactive ketones (excluding diaryl/α,β-unsaturated/α-hetero) is 2. The van der Waals surface area contributed by atoms with Gasteiger partial charge in [-0.3, -0.25) is 13.8 Å². The summed E-state index contributed by atoms with van der Waals surface area (Å²) in [5.41, 5.74) is 0. The average Bonchev–Trinajstić information content (AvgIpc) is 2.18. The van der Waals surface area contributed by atoms with Crippen LogP contribution in [-0.2, 0) is 28.8 Å². The van der Waals surface area contributed by atoms with E-state index in [0.29, 0.717) is 0 Å². The molecule has 0 aliphatic rings. The van der Waals surface area contributed by atoms with Crippen molar-refractivity contribution in [2.24, 2.45) is 0 Å². The molecule has 6 N–H and O–H groups in total. The summed E-state index contributed by atoms with van der Waals surface area (Å²) in [6, 6.07) is 0. The van der Waals surface area contributed by atoms with E-state index in [1.807, 2.05) is 0 Å². The fourth-order valence-corrected chi connectivity index (χ4v) is 0. The van der Waals surface area contributed by atoms with E-state index in [1.165, 1.54) is 0 Å². The first kappa shape index (κ1) is 37.0. The second-order valence-electron chi connectivity index (χ2n) is 2.07. The molecular formula is C8H10Lu2O11-2. The summed E-state index contributed by atoms with van der Waals surface area (Å²) in [4.78, 5) is 55.6. The van der Waals surface area contributed by atoms with E-state index in [4.69, 9.17) is 39.6 Å². The molecule has 0 fully saturated rings.